The molecule has 0 spiro atoms. The van der Waals surface area contributed by atoms with Crippen LogP contribution >= 0.6 is 23.2 Å². The fourth-order valence-electron chi connectivity index (χ4n) is 1.40. The van der Waals surface area contributed by atoms with E-state index in [1.807, 2.05) is 19.9 Å². The molecule has 0 radical (unpaired) electrons. The number of aromatic nitrogens is 3. The van der Waals surface area contributed by atoms with E-state index >= 15 is 0 Å². The van der Waals surface area contributed by atoms with Crippen LogP contribution in [-0.4, -0.2) is 15.0 Å². The first-order valence-corrected chi connectivity index (χ1v) is 4.80. The zero-order valence-corrected chi connectivity index (χ0v) is 9.19. The summed E-state index contributed by atoms with van der Waals surface area (Å²) in [5.74, 6) is 0. The maximum atomic E-state index is 5.94. The minimum absolute atomic E-state index is 0.125. The highest BCUT2D eigenvalue weighted by Gasteiger charge is 2.08. The normalized spacial score (nSPS) is 10.9. The Morgan fingerprint density at radius 1 is 1.07 bits per heavy atom. The van der Waals surface area contributed by atoms with E-state index in [0.29, 0.717) is 10.8 Å². The predicted octanol–water partition coefficient (Wildman–Crippen LogP) is 2.95. The molecule has 0 N–H and O–H groups in total. The van der Waals surface area contributed by atoms with Crippen molar-refractivity contribution >= 4 is 34.2 Å². The van der Waals surface area contributed by atoms with Gasteiger partial charge in [0, 0.05) is 5.69 Å². The molecule has 72 valence electrons. The van der Waals surface area contributed by atoms with E-state index in [2.05, 4.69) is 15.0 Å². The molecule has 2 heterocycles. The van der Waals surface area contributed by atoms with E-state index in [0.717, 1.165) is 16.6 Å². The Balaban J connectivity index is 2.94. The quantitative estimate of drug-likeness (QED) is 0.514. The minimum atomic E-state index is 0.125. The van der Waals surface area contributed by atoms with Gasteiger partial charge in [-0.25, -0.2) is 9.97 Å². The summed E-state index contributed by atoms with van der Waals surface area (Å²) in [6, 6.07) is 1.94. The molecular weight excluding hydrogens is 221 g/mol. The second-order valence-corrected chi connectivity index (χ2v) is 3.76. The van der Waals surface area contributed by atoms with Crippen LogP contribution in [0.1, 0.15) is 11.3 Å². The number of rotatable bonds is 0. The molecule has 0 unspecified atom stereocenters. The van der Waals surface area contributed by atoms with Gasteiger partial charge < -0.3 is 0 Å². The SMILES string of the molecule is Cc1cc(C)c2c(Cl)nc(Cl)nc2n1. The van der Waals surface area contributed by atoms with Crippen molar-refractivity contribution in [3.05, 3.63) is 27.8 Å². The molecule has 5 heteroatoms. The van der Waals surface area contributed by atoms with Crippen LogP contribution in [0, 0.1) is 13.8 Å². The van der Waals surface area contributed by atoms with Gasteiger partial charge in [0.25, 0.3) is 0 Å². The van der Waals surface area contributed by atoms with Crippen LogP contribution in [0.25, 0.3) is 11.0 Å². The number of hydrogen-bond donors (Lipinski definition) is 0. The summed E-state index contributed by atoms with van der Waals surface area (Å²) in [6.45, 7) is 3.84. The Hall–Kier alpha value is -0.930. The zero-order chi connectivity index (χ0) is 10.3. The van der Waals surface area contributed by atoms with Crippen molar-refractivity contribution in [3.8, 4) is 0 Å². The van der Waals surface area contributed by atoms with Gasteiger partial charge in [-0.2, -0.15) is 4.98 Å². The van der Waals surface area contributed by atoms with E-state index in [-0.39, 0.29) is 5.28 Å². The second kappa shape index (κ2) is 3.33. The van der Waals surface area contributed by atoms with Gasteiger partial charge in [-0.05, 0) is 37.1 Å². The Labute approximate surface area is 91.1 Å². The Bertz CT molecular complexity index is 468. The molecule has 0 fully saturated rings. The molecule has 0 atom stereocenters. The predicted molar refractivity (Wildman–Crippen MR) is 56.8 cm³/mol. The monoisotopic (exact) mass is 227 g/mol. The van der Waals surface area contributed by atoms with Crippen molar-refractivity contribution in [1.82, 2.24) is 15.0 Å². The van der Waals surface area contributed by atoms with Crippen LogP contribution in [0.4, 0.5) is 0 Å². The molecule has 0 saturated carbocycles. The largest absolute Gasteiger partial charge is 0.233 e. The van der Waals surface area contributed by atoms with Crippen LogP contribution < -0.4 is 0 Å². The molecule has 0 amide bonds. The van der Waals surface area contributed by atoms with E-state index in [9.17, 15) is 0 Å². The third-order valence-corrected chi connectivity index (χ3v) is 2.36. The molecule has 0 saturated heterocycles. The average Bonchev–Trinajstić information content (AvgIpc) is 1.99. The first-order chi connectivity index (χ1) is 6.58. The van der Waals surface area contributed by atoms with Gasteiger partial charge in [-0.3, -0.25) is 0 Å². The highest BCUT2D eigenvalue weighted by atomic mass is 35.5. The molecule has 0 bridgehead atoms. The third-order valence-electron chi connectivity index (χ3n) is 1.92. The van der Waals surface area contributed by atoms with Crippen molar-refractivity contribution in [1.29, 1.82) is 0 Å². The van der Waals surface area contributed by atoms with Gasteiger partial charge in [0.15, 0.2) is 5.65 Å². The van der Waals surface area contributed by atoms with Crippen LogP contribution in [0.3, 0.4) is 0 Å². The van der Waals surface area contributed by atoms with Crippen LogP contribution in [0.5, 0.6) is 0 Å². The number of fused-ring (bicyclic) bond motifs is 1. The number of hydrogen-bond acceptors (Lipinski definition) is 3. The third kappa shape index (κ3) is 1.53. The number of nitrogens with zero attached hydrogens (tertiary/aromatic N) is 3. The number of pyridine rings is 1. The van der Waals surface area contributed by atoms with Gasteiger partial charge in [0.2, 0.25) is 5.28 Å². The molecule has 3 nitrogen and oxygen atoms in total. The van der Waals surface area contributed by atoms with Gasteiger partial charge in [-0.15, -0.1) is 0 Å². The summed E-state index contributed by atoms with van der Waals surface area (Å²) in [4.78, 5) is 12.1. The van der Waals surface area contributed by atoms with Crippen LogP contribution in [0.15, 0.2) is 6.07 Å². The summed E-state index contributed by atoms with van der Waals surface area (Å²) < 4.78 is 0. The van der Waals surface area contributed by atoms with Gasteiger partial charge in [-0.1, -0.05) is 11.6 Å². The molecule has 0 aliphatic heterocycles. The topological polar surface area (TPSA) is 38.7 Å². The fraction of sp³-hybridized carbons (Fsp3) is 0.222. The average molecular weight is 228 g/mol. The Kier molecular flexibility index (Phi) is 2.29. The van der Waals surface area contributed by atoms with E-state index in [1.165, 1.54) is 0 Å². The molecule has 0 aliphatic rings. The van der Waals surface area contributed by atoms with Crippen LogP contribution in [-0.2, 0) is 0 Å². The summed E-state index contributed by atoms with van der Waals surface area (Å²) in [7, 11) is 0. The highest BCUT2D eigenvalue weighted by molar-refractivity contribution is 6.35. The lowest BCUT2D eigenvalue weighted by Crippen LogP contribution is -1.94. The molecular formula is C9H7Cl2N3. The summed E-state index contributed by atoms with van der Waals surface area (Å²) >= 11 is 11.6. The van der Waals surface area contributed by atoms with Crippen molar-refractivity contribution < 1.29 is 0 Å². The lowest BCUT2D eigenvalue weighted by Gasteiger charge is -2.04. The summed E-state index contributed by atoms with van der Waals surface area (Å²) in [6.07, 6.45) is 0. The summed E-state index contributed by atoms with van der Waals surface area (Å²) in [5, 5.41) is 1.24. The molecule has 0 aliphatic carbocycles. The van der Waals surface area contributed by atoms with Gasteiger partial charge in [0.05, 0.1) is 5.39 Å². The van der Waals surface area contributed by atoms with E-state index in [4.69, 9.17) is 23.2 Å². The first kappa shape index (κ1) is 9.62. The minimum Gasteiger partial charge on any atom is -0.233 e. The maximum Gasteiger partial charge on any atom is 0.225 e. The first-order valence-electron chi connectivity index (χ1n) is 4.05. The van der Waals surface area contributed by atoms with Gasteiger partial charge >= 0.3 is 0 Å². The lowest BCUT2D eigenvalue weighted by atomic mass is 10.2. The number of halogens is 2. The van der Waals surface area contributed by atoms with Crippen molar-refractivity contribution in [2.45, 2.75) is 13.8 Å². The number of aryl methyl sites for hydroxylation is 2. The Morgan fingerprint density at radius 3 is 2.50 bits per heavy atom. The fourth-order valence-corrected chi connectivity index (χ4v) is 1.92. The molecule has 0 aromatic carbocycles. The molecule has 2 aromatic rings. The zero-order valence-electron chi connectivity index (χ0n) is 7.67. The molecule has 2 rings (SSSR count). The molecule has 14 heavy (non-hydrogen) atoms. The highest BCUT2D eigenvalue weighted by Crippen LogP contribution is 2.24. The van der Waals surface area contributed by atoms with Crippen molar-refractivity contribution in [3.63, 3.8) is 0 Å². The standard InChI is InChI=1S/C9H7Cl2N3/c1-4-3-5(2)12-8-6(4)7(10)13-9(11)14-8/h3H,1-2H3. The second-order valence-electron chi connectivity index (χ2n) is 3.06. The molecule has 2 aromatic heterocycles. The van der Waals surface area contributed by atoms with E-state index in [1.54, 1.807) is 0 Å². The summed E-state index contributed by atoms with van der Waals surface area (Å²) in [5.41, 5.74) is 2.45. The van der Waals surface area contributed by atoms with Crippen molar-refractivity contribution in [2.24, 2.45) is 0 Å². The van der Waals surface area contributed by atoms with Gasteiger partial charge in [0.1, 0.15) is 5.15 Å². The maximum absolute atomic E-state index is 5.94. The Morgan fingerprint density at radius 2 is 1.79 bits per heavy atom. The lowest BCUT2D eigenvalue weighted by molar-refractivity contribution is 1.14. The van der Waals surface area contributed by atoms with Crippen LogP contribution in [0.2, 0.25) is 10.4 Å². The smallest absolute Gasteiger partial charge is 0.225 e. The van der Waals surface area contributed by atoms with Crippen molar-refractivity contribution in [2.75, 3.05) is 0 Å². The van der Waals surface area contributed by atoms with E-state index < -0.39 is 0 Å².